The number of hydrogen-bond donors (Lipinski definition) is 0. The fourth-order valence-corrected chi connectivity index (χ4v) is 11.2. The van der Waals surface area contributed by atoms with Crippen molar-refractivity contribution in [3.8, 4) is 39.1 Å². The Hall–Kier alpha value is -7.49. The SMILES string of the molecule is CC(C)=CC1(C)c2cc(-c3ccc4c(c3)c3ccccc3n4-c3ccc4ccccc4c3)ccc2-c2ccc(N(c3ccc(F)cc3)c3ccc4c(c3)C(C)(C)c3ccccc3-4)cc21. The van der Waals surface area contributed by atoms with E-state index in [9.17, 15) is 4.39 Å². The molecule has 0 saturated heterocycles. The average molecular weight is 827 g/mol. The van der Waals surface area contributed by atoms with Gasteiger partial charge < -0.3 is 9.47 Å². The van der Waals surface area contributed by atoms with Gasteiger partial charge in [-0.3, -0.25) is 0 Å². The fraction of sp³-hybridized carbons (Fsp3) is 0.115. The van der Waals surface area contributed by atoms with Gasteiger partial charge in [0.25, 0.3) is 0 Å². The van der Waals surface area contributed by atoms with Crippen LogP contribution in [0.2, 0.25) is 0 Å². The third-order valence-corrected chi connectivity index (χ3v) is 14.2. The van der Waals surface area contributed by atoms with Gasteiger partial charge in [-0.2, -0.15) is 0 Å². The monoisotopic (exact) mass is 826 g/mol. The predicted octanol–water partition coefficient (Wildman–Crippen LogP) is 16.8. The van der Waals surface area contributed by atoms with Crippen molar-refractivity contribution in [2.24, 2.45) is 0 Å². The topological polar surface area (TPSA) is 8.17 Å². The molecule has 0 spiro atoms. The van der Waals surface area contributed by atoms with E-state index in [1.807, 2.05) is 12.1 Å². The number of para-hydroxylation sites is 1. The minimum Gasteiger partial charge on any atom is -0.310 e. The zero-order valence-corrected chi connectivity index (χ0v) is 36.7. The minimum absolute atomic E-state index is 0.158. The van der Waals surface area contributed by atoms with E-state index in [1.54, 1.807) is 12.1 Å². The molecule has 12 rings (SSSR count). The Kier molecular flexibility index (Phi) is 8.36. The number of nitrogens with zero attached hydrogens (tertiary/aromatic N) is 2. The second kappa shape index (κ2) is 14.0. The van der Waals surface area contributed by atoms with Crippen LogP contribution in [-0.2, 0) is 10.8 Å². The normalized spacial score (nSPS) is 15.5. The molecule has 308 valence electrons. The van der Waals surface area contributed by atoms with Crippen LogP contribution < -0.4 is 4.90 Å². The van der Waals surface area contributed by atoms with Crippen LogP contribution in [-0.4, -0.2) is 4.57 Å². The first kappa shape index (κ1) is 38.2. The summed E-state index contributed by atoms with van der Waals surface area (Å²) >= 11 is 0. The summed E-state index contributed by atoms with van der Waals surface area (Å²) in [5.74, 6) is -0.250. The molecule has 0 aliphatic heterocycles. The standard InChI is InChI=1S/C61H47FN2/c1-38(2)37-61(5)56-34-42(41-20-31-59-53(33-41)52-15-9-11-17-58(52)64(59)45-23-18-39-12-6-7-13-40(39)32-45)19-28-50(56)51-30-27-47(36-57(51)61)63(44-24-21-43(62)22-25-44)46-26-29-49-48-14-8-10-16-54(48)60(3,4)55(49)35-46/h6-37H,1-5H3. The molecule has 1 heterocycles. The Balaban J connectivity index is 0.978. The molecule has 10 aromatic rings. The highest BCUT2D eigenvalue weighted by molar-refractivity contribution is 6.11. The van der Waals surface area contributed by atoms with Crippen molar-refractivity contribution in [3.63, 3.8) is 0 Å². The van der Waals surface area contributed by atoms with E-state index < -0.39 is 5.41 Å². The molecule has 3 heteroatoms. The van der Waals surface area contributed by atoms with Crippen molar-refractivity contribution in [1.29, 1.82) is 0 Å². The van der Waals surface area contributed by atoms with Crippen molar-refractivity contribution in [1.82, 2.24) is 4.57 Å². The molecule has 64 heavy (non-hydrogen) atoms. The Labute approximate surface area is 374 Å². The number of rotatable bonds is 6. The van der Waals surface area contributed by atoms with Crippen LogP contribution >= 0.6 is 0 Å². The van der Waals surface area contributed by atoms with Gasteiger partial charge in [-0.15, -0.1) is 0 Å². The molecule has 9 aromatic carbocycles. The summed E-state index contributed by atoms with van der Waals surface area (Å²) < 4.78 is 16.9. The van der Waals surface area contributed by atoms with E-state index in [4.69, 9.17) is 0 Å². The van der Waals surface area contributed by atoms with Gasteiger partial charge in [-0.1, -0.05) is 129 Å². The first-order valence-electron chi connectivity index (χ1n) is 22.4. The minimum atomic E-state index is -0.401. The second-order valence-electron chi connectivity index (χ2n) is 18.7. The van der Waals surface area contributed by atoms with Crippen molar-refractivity contribution >= 4 is 49.6 Å². The van der Waals surface area contributed by atoms with Gasteiger partial charge in [0.1, 0.15) is 5.82 Å². The van der Waals surface area contributed by atoms with Crippen LogP contribution in [0.4, 0.5) is 21.5 Å². The molecule has 1 unspecified atom stereocenters. The Bertz CT molecular complexity index is 3580. The quantitative estimate of drug-likeness (QED) is 0.152. The van der Waals surface area contributed by atoms with Crippen LogP contribution in [0.5, 0.6) is 0 Å². The summed E-state index contributed by atoms with van der Waals surface area (Å²) in [6.45, 7) is 11.4. The number of halogens is 1. The maximum absolute atomic E-state index is 14.5. The van der Waals surface area contributed by atoms with Gasteiger partial charge in [-0.25, -0.2) is 4.39 Å². The molecule has 0 N–H and O–H groups in total. The van der Waals surface area contributed by atoms with Crippen molar-refractivity contribution < 1.29 is 4.39 Å². The molecule has 2 aliphatic carbocycles. The largest absolute Gasteiger partial charge is 0.310 e. The first-order valence-corrected chi connectivity index (χ1v) is 22.4. The lowest BCUT2D eigenvalue weighted by Crippen LogP contribution is -2.19. The predicted molar refractivity (Wildman–Crippen MR) is 267 cm³/mol. The molecule has 0 bridgehead atoms. The van der Waals surface area contributed by atoms with Gasteiger partial charge in [0.2, 0.25) is 0 Å². The molecule has 1 atom stereocenters. The highest BCUT2D eigenvalue weighted by atomic mass is 19.1. The van der Waals surface area contributed by atoms with E-state index in [-0.39, 0.29) is 11.2 Å². The maximum atomic E-state index is 14.5. The van der Waals surface area contributed by atoms with Crippen LogP contribution in [0.3, 0.4) is 0 Å². The van der Waals surface area contributed by atoms with Crippen LogP contribution in [0.15, 0.2) is 200 Å². The molecule has 1 aromatic heterocycles. The molecule has 0 saturated carbocycles. The van der Waals surface area contributed by atoms with Gasteiger partial charge >= 0.3 is 0 Å². The van der Waals surface area contributed by atoms with Crippen LogP contribution in [0.25, 0.3) is 71.6 Å². The Morgan fingerprint density at radius 1 is 0.469 bits per heavy atom. The van der Waals surface area contributed by atoms with E-state index in [1.165, 1.54) is 93.8 Å². The summed E-state index contributed by atoms with van der Waals surface area (Å²) in [6.07, 6.45) is 2.43. The summed E-state index contributed by atoms with van der Waals surface area (Å²) in [7, 11) is 0. The van der Waals surface area contributed by atoms with Gasteiger partial charge in [0, 0.05) is 44.4 Å². The maximum Gasteiger partial charge on any atom is 0.123 e. The average Bonchev–Trinajstić information content (AvgIpc) is 3.86. The fourth-order valence-electron chi connectivity index (χ4n) is 11.2. The van der Waals surface area contributed by atoms with Gasteiger partial charge in [0.05, 0.1) is 11.0 Å². The summed E-state index contributed by atoms with van der Waals surface area (Å²) in [6, 6.07) is 67.5. The lowest BCUT2D eigenvalue weighted by atomic mass is 9.78. The third kappa shape index (κ3) is 5.70. The van der Waals surface area contributed by atoms with Crippen molar-refractivity contribution in [2.45, 2.75) is 45.4 Å². The van der Waals surface area contributed by atoms with E-state index in [2.05, 4.69) is 214 Å². The lowest BCUT2D eigenvalue weighted by molar-refractivity contribution is 0.628. The second-order valence-corrected chi connectivity index (χ2v) is 18.7. The van der Waals surface area contributed by atoms with Crippen molar-refractivity contribution in [2.75, 3.05) is 4.90 Å². The highest BCUT2D eigenvalue weighted by Crippen LogP contribution is 2.54. The van der Waals surface area contributed by atoms with E-state index in [0.29, 0.717) is 0 Å². The number of anilines is 3. The number of allylic oxidation sites excluding steroid dienone is 2. The number of fused-ring (bicyclic) bond motifs is 10. The zero-order valence-electron chi connectivity index (χ0n) is 36.7. The molecular formula is C61H47FN2. The molecule has 0 amide bonds. The van der Waals surface area contributed by atoms with Crippen molar-refractivity contribution in [3.05, 3.63) is 228 Å². The molecule has 2 aliphatic rings. The van der Waals surface area contributed by atoms with Crippen LogP contribution in [0, 0.1) is 5.82 Å². The van der Waals surface area contributed by atoms with Gasteiger partial charge in [0.15, 0.2) is 0 Å². The zero-order chi connectivity index (χ0) is 43.5. The van der Waals surface area contributed by atoms with E-state index in [0.717, 1.165) is 22.7 Å². The van der Waals surface area contributed by atoms with Crippen LogP contribution in [0.1, 0.15) is 56.9 Å². The number of aromatic nitrogens is 1. The summed E-state index contributed by atoms with van der Waals surface area (Å²) in [5.41, 5.74) is 19.9. The summed E-state index contributed by atoms with van der Waals surface area (Å²) in [5, 5.41) is 4.95. The number of hydrogen-bond acceptors (Lipinski definition) is 1. The Morgan fingerprint density at radius 3 is 1.83 bits per heavy atom. The van der Waals surface area contributed by atoms with E-state index >= 15 is 0 Å². The highest BCUT2D eigenvalue weighted by Gasteiger charge is 2.39. The Morgan fingerprint density at radius 2 is 1.05 bits per heavy atom. The number of benzene rings is 9. The molecule has 0 fully saturated rings. The third-order valence-electron chi connectivity index (χ3n) is 14.2. The smallest absolute Gasteiger partial charge is 0.123 e. The first-order chi connectivity index (χ1) is 31.1. The van der Waals surface area contributed by atoms with Gasteiger partial charge in [-0.05, 0) is 172 Å². The summed E-state index contributed by atoms with van der Waals surface area (Å²) in [4.78, 5) is 2.29. The molecular weight excluding hydrogens is 780 g/mol. The molecule has 2 nitrogen and oxygen atoms in total. The lowest BCUT2D eigenvalue weighted by Gasteiger charge is -2.30. The molecule has 0 radical (unpaired) electrons.